The van der Waals surface area contributed by atoms with E-state index in [0.29, 0.717) is 43.8 Å². The highest BCUT2D eigenvalue weighted by molar-refractivity contribution is 5.81. The largest absolute Gasteiger partial charge is 0.480 e. The van der Waals surface area contributed by atoms with Gasteiger partial charge >= 0.3 is 0 Å². The molecule has 0 spiro atoms. The monoisotopic (exact) mass is 331 g/mol. The number of hydrogen-bond donors (Lipinski definition) is 1. The maximum absolute atomic E-state index is 12.0. The Morgan fingerprint density at radius 2 is 1.96 bits per heavy atom. The molecule has 24 heavy (non-hydrogen) atoms. The molecule has 0 bridgehead atoms. The van der Waals surface area contributed by atoms with Crippen molar-refractivity contribution in [2.24, 2.45) is 0 Å². The lowest BCUT2D eigenvalue weighted by Crippen LogP contribution is -2.37. The van der Waals surface area contributed by atoms with E-state index in [4.69, 9.17) is 10.00 Å². The highest BCUT2D eigenvalue weighted by atomic mass is 16.5. The third-order valence-electron chi connectivity index (χ3n) is 3.66. The van der Waals surface area contributed by atoms with E-state index in [2.05, 4.69) is 5.32 Å². The van der Waals surface area contributed by atoms with Crippen molar-refractivity contribution < 1.29 is 14.3 Å². The number of amides is 2. The van der Waals surface area contributed by atoms with E-state index in [1.165, 1.54) is 0 Å². The van der Waals surface area contributed by atoms with Gasteiger partial charge in [-0.3, -0.25) is 9.59 Å². The Morgan fingerprint density at radius 1 is 1.29 bits per heavy atom. The lowest BCUT2D eigenvalue weighted by Gasteiger charge is -2.19. The number of ether oxygens (including phenoxy) is 1. The first kappa shape index (κ1) is 19.5. The van der Waals surface area contributed by atoms with Gasteiger partial charge in [0, 0.05) is 26.1 Å². The Kier molecular flexibility index (Phi) is 8.34. The van der Waals surface area contributed by atoms with Crippen molar-refractivity contribution in [3.05, 3.63) is 29.8 Å². The van der Waals surface area contributed by atoms with E-state index in [1.54, 1.807) is 36.1 Å². The van der Waals surface area contributed by atoms with Crippen molar-refractivity contribution in [2.45, 2.75) is 39.7 Å². The van der Waals surface area contributed by atoms with Crippen LogP contribution in [-0.4, -0.2) is 42.5 Å². The van der Waals surface area contributed by atoms with E-state index in [1.807, 2.05) is 19.9 Å². The Labute approximate surface area is 143 Å². The first-order valence-electron chi connectivity index (χ1n) is 8.24. The normalized spacial score (nSPS) is 11.2. The van der Waals surface area contributed by atoms with Crippen LogP contribution in [0.3, 0.4) is 0 Å². The van der Waals surface area contributed by atoms with Crippen molar-refractivity contribution >= 4 is 11.8 Å². The summed E-state index contributed by atoms with van der Waals surface area (Å²) >= 11 is 0. The van der Waals surface area contributed by atoms with Crippen molar-refractivity contribution in [3.63, 3.8) is 0 Å². The van der Waals surface area contributed by atoms with Crippen molar-refractivity contribution in [3.8, 4) is 11.8 Å². The fourth-order valence-corrected chi connectivity index (χ4v) is 2.24. The average Bonchev–Trinajstić information content (AvgIpc) is 2.60. The number of nitriles is 1. The number of benzene rings is 1. The first-order valence-corrected chi connectivity index (χ1v) is 8.24. The van der Waals surface area contributed by atoms with Crippen molar-refractivity contribution in [1.29, 1.82) is 5.26 Å². The van der Waals surface area contributed by atoms with Gasteiger partial charge in [-0.25, -0.2) is 0 Å². The molecule has 1 unspecified atom stereocenters. The molecule has 0 aliphatic carbocycles. The van der Waals surface area contributed by atoms with Crippen LogP contribution in [-0.2, 0) is 9.59 Å². The highest BCUT2D eigenvalue weighted by Crippen LogP contribution is 2.18. The minimum atomic E-state index is -0.710. The molecule has 0 heterocycles. The molecule has 0 aliphatic rings. The summed E-state index contributed by atoms with van der Waals surface area (Å²) in [5.41, 5.74) is 0.391. The number of carbonyl (C=O) groups is 2. The maximum Gasteiger partial charge on any atom is 0.260 e. The van der Waals surface area contributed by atoms with Gasteiger partial charge < -0.3 is 15.0 Å². The van der Waals surface area contributed by atoms with Crippen LogP contribution in [0.2, 0.25) is 0 Å². The van der Waals surface area contributed by atoms with Crippen LogP contribution in [0, 0.1) is 11.3 Å². The molecule has 0 fully saturated rings. The van der Waals surface area contributed by atoms with Crippen LogP contribution < -0.4 is 10.1 Å². The molecule has 0 aromatic heterocycles. The lowest BCUT2D eigenvalue weighted by atomic mass is 10.2. The topological polar surface area (TPSA) is 82.4 Å². The summed E-state index contributed by atoms with van der Waals surface area (Å²) in [6, 6.07) is 8.81. The van der Waals surface area contributed by atoms with Gasteiger partial charge in [0.2, 0.25) is 5.91 Å². The Hall–Kier alpha value is -2.55. The SMILES string of the molecule is CCN(CC)C(=O)CCCNC(=O)C(C)Oc1ccccc1C#N. The summed E-state index contributed by atoms with van der Waals surface area (Å²) in [5.74, 6) is 0.221. The van der Waals surface area contributed by atoms with Gasteiger partial charge in [0.05, 0.1) is 5.56 Å². The number of nitrogens with one attached hydrogen (secondary N) is 1. The first-order chi connectivity index (χ1) is 11.5. The molecule has 6 nitrogen and oxygen atoms in total. The second kappa shape index (κ2) is 10.3. The van der Waals surface area contributed by atoms with Crippen LogP contribution in [0.25, 0.3) is 0 Å². The molecule has 1 N–H and O–H groups in total. The van der Waals surface area contributed by atoms with Crippen LogP contribution in [0.4, 0.5) is 0 Å². The molecule has 0 aliphatic heterocycles. The Bertz CT molecular complexity index is 591. The Morgan fingerprint density at radius 3 is 2.58 bits per heavy atom. The summed E-state index contributed by atoms with van der Waals surface area (Å²) in [6.45, 7) is 7.34. The van der Waals surface area contributed by atoms with Gasteiger partial charge in [-0.05, 0) is 39.3 Å². The molecular weight excluding hydrogens is 306 g/mol. The van der Waals surface area contributed by atoms with E-state index >= 15 is 0 Å². The number of hydrogen-bond acceptors (Lipinski definition) is 4. The van der Waals surface area contributed by atoms with Gasteiger partial charge in [-0.1, -0.05) is 12.1 Å². The highest BCUT2D eigenvalue weighted by Gasteiger charge is 2.16. The molecule has 0 saturated carbocycles. The number of para-hydroxylation sites is 1. The van der Waals surface area contributed by atoms with Gasteiger partial charge in [0.15, 0.2) is 6.10 Å². The second-order valence-corrected chi connectivity index (χ2v) is 5.33. The van der Waals surface area contributed by atoms with E-state index < -0.39 is 6.10 Å². The van der Waals surface area contributed by atoms with Gasteiger partial charge in [0.1, 0.15) is 11.8 Å². The third-order valence-corrected chi connectivity index (χ3v) is 3.66. The predicted molar refractivity (Wildman–Crippen MR) is 91.4 cm³/mol. The molecular formula is C18H25N3O3. The zero-order valence-corrected chi connectivity index (χ0v) is 14.5. The van der Waals surface area contributed by atoms with Crippen LogP contribution in [0.1, 0.15) is 39.2 Å². The molecule has 0 saturated heterocycles. The second-order valence-electron chi connectivity index (χ2n) is 5.33. The summed E-state index contributed by atoms with van der Waals surface area (Å²) in [7, 11) is 0. The minimum absolute atomic E-state index is 0.0986. The van der Waals surface area contributed by atoms with Crippen LogP contribution in [0.5, 0.6) is 5.75 Å². The van der Waals surface area contributed by atoms with E-state index in [-0.39, 0.29) is 11.8 Å². The third kappa shape index (κ3) is 5.92. The summed E-state index contributed by atoms with van der Waals surface area (Å²) < 4.78 is 5.54. The molecule has 1 aromatic carbocycles. The number of rotatable bonds is 9. The zero-order valence-electron chi connectivity index (χ0n) is 14.5. The summed E-state index contributed by atoms with van der Waals surface area (Å²) in [6.07, 6.45) is 0.287. The molecule has 1 aromatic rings. The molecule has 130 valence electrons. The standard InChI is InChI=1S/C18H25N3O3/c1-4-21(5-2)17(22)11-8-12-20-18(23)14(3)24-16-10-7-6-9-15(16)13-19/h6-7,9-10,14H,4-5,8,11-12H2,1-3H3,(H,20,23). The minimum Gasteiger partial charge on any atom is -0.480 e. The van der Waals surface area contributed by atoms with Crippen molar-refractivity contribution in [1.82, 2.24) is 10.2 Å². The fourth-order valence-electron chi connectivity index (χ4n) is 2.24. The lowest BCUT2D eigenvalue weighted by molar-refractivity contribution is -0.131. The quantitative estimate of drug-likeness (QED) is 0.702. The van der Waals surface area contributed by atoms with E-state index in [9.17, 15) is 9.59 Å². The maximum atomic E-state index is 12.0. The summed E-state index contributed by atoms with van der Waals surface area (Å²) in [4.78, 5) is 25.6. The summed E-state index contributed by atoms with van der Waals surface area (Å²) in [5, 5.41) is 11.8. The van der Waals surface area contributed by atoms with E-state index in [0.717, 1.165) is 0 Å². The molecule has 6 heteroatoms. The number of carbonyl (C=O) groups excluding carboxylic acids is 2. The average molecular weight is 331 g/mol. The molecule has 1 rings (SSSR count). The van der Waals surface area contributed by atoms with Crippen LogP contribution in [0.15, 0.2) is 24.3 Å². The molecule has 2 amide bonds. The fraction of sp³-hybridized carbons (Fsp3) is 0.500. The smallest absolute Gasteiger partial charge is 0.260 e. The molecule has 0 radical (unpaired) electrons. The van der Waals surface area contributed by atoms with Crippen LogP contribution >= 0.6 is 0 Å². The van der Waals surface area contributed by atoms with Crippen molar-refractivity contribution in [2.75, 3.05) is 19.6 Å². The number of nitrogens with zero attached hydrogens (tertiary/aromatic N) is 2. The van der Waals surface area contributed by atoms with Gasteiger partial charge in [-0.15, -0.1) is 0 Å². The van der Waals surface area contributed by atoms with Gasteiger partial charge in [0.25, 0.3) is 5.91 Å². The zero-order chi connectivity index (χ0) is 17.9. The Balaban J connectivity index is 2.37. The molecule has 1 atom stereocenters. The predicted octanol–water partition coefficient (Wildman–Crippen LogP) is 2.09. The van der Waals surface area contributed by atoms with Gasteiger partial charge in [-0.2, -0.15) is 5.26 Å².